The Balaban J connectivity index is 1.25. The lowest BCUT2D eigenvalue weighted by Gasteiger charge is -2.32. The second-order valence-electron chi connectivity index (χ2n) is 8.10. The first kappa shape index (κ1) is 22.0. The lowest BCUT2D eigenvalue weighted by molar-refractivity contribution is -0.132. The summed E-state index contributed by atoms with van der Waals surface area (Å²) in [6.07, 6.45) is 2.12. The first-order valence-corrected chi connectivity index (χ1v) is 11.6. The topological polar surface area (TPSA) is 107 Å². The van der Waals surface area contributed by atoms with Crippen LogP contribution in [0.2, 0.25) is 0 Å². The Kier molecular flexibility index (Phi) is 6.55. The number of anilines is 1. The number of piperidine rings is 1. The predicted molar refractivity (Wildman–Crippen MR) is 126 cm³/mol. The molecule has 0 radical (unpaired) electrons. The van der Waals surface area contributed by atoms with Crippen molar-refractivity contribution in [3.63, 3.8) is 0 Å². The van der Waals surface area contributed by atoms with E-state index < -0.39 is 0 Å². The van der Waals surface area contributed by atoms with Crippen LogP contribution in [0.3, 0.4) is 0 Å². The molecule has 168 valence electrons. The highest BCUT2D eigenvalue weighted by Gasteiger charge is 2.24. The van der Waals surface area contributed by atoms with Crippen LogP contribution in [0, 0.1) is 13.8 Å². The number of carbonyl (C=O) groups is 2. The number of urea groups is 1. The third-order valence-electron chi connectivity index (χ3n) is 5.88. The molecule has 9 heteroatoms. The fourth-order valence-electron chi connectivity index (χ4n) is 3.95. The molecule has 1 aliphatic heterocycles. The van der Waals surface area contributed by atoms with Crippen molar-refractivity contribution >= 4 is 39.2 Å². The summed E-state index contributed by atoms with van der Waals surface area (Å²) >= 11 is 1.51. The number of rotatable bonds is 5. The minimum Gasteiger partial charge on any atom is -0.343 e. The van der Waals surface area contributed by atoms with Crippen molar-refractivity contribution in [2.75, 3.05) is 18.4 Å². The van der Waals surface area contributed by atoms with Crippen molar-refractivity contribution in [1.82, 2.24) is 20.2 Å². The molecular formula is C23H27N5O3S. The molecule has 0 saturated carbocycles. The second-order valence-corrected chi connectivity index (χ2v) is 9.30. The van der Waals surface area contributed by atoms with E-state index in [9.17, 15) is 14.4 Å². The highest BCUT2D eigenvalue weighted by Crippen LogP contribution is 2.25. The van der Waals surface area contributed by atoms with E-state index in [2.05, 4.69) is 20.6 Å². The molecule has 1 saturated heterocycles. The van der Waals surface area contributed by atoms with Crippen LogP contribution in [0.25, 0.3) is 10.2 Å². The number of hydrogen-bond acceptors (Lipinski definition) is 5. The van der Waals surface area contributed by atoms with Crippen LogP contribution >= 0.6 is 11.3 Å². The van der Waals surface area contributed by atoms with Gasteiger partial charge in [0.1, 0.15) is 10.7 Å². The van der Waals surface area contributed by atoms with E-state index in [-0.39, 0.29) is 23.5 Å². The zero-order valence-electron chi connectivity index (χ0n) is 18.2. The SMILES string of the molecule is Cc1sc2nc(CCC(=O)N3CCC(NC(=O)Nc4ccccc4)CC3)[nH]c(=O)c2c1C. The number of aryl methyl sites for hydroxylation is 3. The molecule has 2 aromatic heterocycles. The molecule has 0 unspecified atom stereocenters. The Morgan fingerprint density at radius 3 is 2.62 bits per heavy atom. The number of fused-ring (bicyclic) bond motifs is 1. The molecule has 0 aliphatic carbocycles. The number of nitrogens with zero attached hydrogens (tertiary/aromatic N) is 2. The Hall–Kier alpha value is -3.20. The fraction of sp³-hybridized carbons (Fsp3) is 0.391. The molecule has 3 amide bonds. The van der Waals surface area contributed by atoms with Crippen molar-refractivity contribution in [2.24, 2.45) is 0 Å². The Labute approximate surface area is 190 Å². The van der Waals surface area contributed by atoms with E-state index in [0.29, 0.717) is 50.0 Å². The lowest BCUT2D eigenvalue weighted by atomic mass is 10.0. The summed E-state index contributed by atoms with van der Waals surface area (Å²) in [5.74, 6) is 0.588. The maximum absolute atomic E-state index is 12.7. The number of nitrogens with one attached hydrogen (secondary N) is 3. The van der Waals surface area contributed by atoms with Gasteiger partial charge in [-0.05, 0) is 44.4 Å². The summed E-state index contributed by atoms with van der Waals surface area (Å²) in [7, 11) is 0. The summed E-state index contributed by atoms with van der Waals surface area (Å²) in [6, 6.07) is 9.10. The lowest BCUT2D eigenvalue weighted by Crippen LogP contribution is -2.47. The summed E-state index contributed by atoms with van der Waals surface area (Å²) in [4.78, 5) is 48.2. The van der Waals surface area contributed by atoms with Gasteiger partial charge in [0.15, 0.2) is 0 Å². The average Bonchev–Trinajstić information content (AvgIpc) is 3.07. The minimum absolute atomic E-state index is 0.0356. The Morgan fingerprint density at radius 1 is 1.19 bits per heavy atom. The zero-order chi connectivity index (χ0) is 22.7. The van der Waals surface area contributed by atoms with E-state index >= 15 is 0 Å². The third kappa shape index (κ3) is 4.99. The van der Waals surface area contributed by atoms with Crippen molar-refractivity contribution in [2.45, 2.75) is 45.6 Å². The normalized spacial score (nSPS) is 14.5. The van der Waals surface area contributed by atoms with Crippen molar-refractivity contribution in [3.8, 4) is 0 Å². The number of hydrogen-bond donors (Lipinski definition) is 3. The summed E-state index contributed by atoms with van der Waals surface area (Å²) in [6.45, 7) is 5.11. The third-order valence-corrected chi connectivity index (χ3v) is 6.98. The van der Waals surface area contributed by atoms with E-state index in [1.54, 1.807) is 0 Å². The van der Waals surface area contributed by atoms with Gasteiger partial charge in [-0.3, -0.25) is 9.59 Å². The van der Waals surface area contributed by atoms with Crippen LogP contribution in [0.15, 0.2) is 35.1 Å². The van der Waals surface area contributed by atoms with Crippen LogP contribution in [-0.2, 0) is 11.2 Å². The quantitative estimate of drug-likeness (QED) is 0.551. The van der Waals surface area contributed by atoms with E-state index in [1.165, 1.54) is 11.3 Å². The number of likely N-dealkylation sites (tertiary alicyclic amines) is 1. The van der Waals surface area contributed by atoms with Crippen molar-refractivity contribution < 1.29 is 9.59 Å². The monoisotopic (exact) mass is 453 g/mol. The molecular weight excluding hydrogens is 426 g/mol. The van der Waals surface area contributed by atoms with Crippen LogP contribution < -0.4 is 16.2 Å². The molecule has 32 heavy (non-hydrogen) atoms. The molecule has 1 fully saturated rings. The average molecular weight is 454 g/mol. The Bertz CT molecular complexity index is 1180. The maximum atomic E-state index is 12.7. The number of amides is 3. The molecule has 0 bridgehead atoms. The van der Waals surface area contributed by atoms with Crippen LogP contribution in [0.5, 0.6) is 0 Å². The number of para-hydroxylation sites is 1. The van der Waals surface area contributed by atoms with Crippen molar-refractivity contribution in [3.05, 3.63) is 57.0 Å². The van der Waals surface area contributed by atoms with Gasteiger partial charge >= 0.3 is 6.03 Å². The maximum Gasteiger partial charge on any atom is 0.319 e. The van der Waals surface area contributed by atoms with Crippen LogP contribution in [0.1, 0.15) is 35.5 Å². The first-order chi connectivity index (χ1) is 15.4. The van der Waals surface area contributed by atoms with Gasteiger partial charge in [-0.15, -0.1) is 11.3 Å². The molecule has 3 heterocycles. The largest absolute Gasteiger partial charge is 0.343 e. The number of thiophene rings is 1. The number of H-pyrrole nitrogens is 1. The van der Waals surface area contributed by atoms with Gasteiger partial charge in [-0.25, -0.2) is 9.78 Å². The number of aromatic amines is 1. The molecule has 1 aliphatic rings. The molecule has 3 aromatic rings. The predicted octanol–water partition coefficient (Wildman–Crippen LogP) is 3.35. The summed E-state index contributed by atoms with van der Waals surface area (Å²) in [5.41, 5.74) is 1.57. The smallest absolute Gasteiger partial charge is 0.319 e. The van der Waals surface area contributed by atoms with Gasteiger partial charge < -0.3 is 20.5 Å². The zero-order valence-corrected chi connectivity index (χ0v) is 19.1. The molecule has 3 N–H and O–H groups in total. The molecule has 0 spiro atoms. The van der Waals surface area contributed by atoms with Gasteiger partial charge in [0.2, 0.25) is 5.91 Å². The Morgan fingerprint density at radius 2 is 1.91 bits per heavy atom. The highest BCUT2D eigenvalue weighted by atomic mass is 32.1. The van der Waals surface area contributed by atoms with E-state index in [1.807, 2.05) is 49.1 Å². The molecule has 0 atom stereocenters. The fourth-order valence-corrected chi connectivity index (χ4v) is 5.00. The first-order valence-electron chi connectivity index (χ1n) is 10.8. The van der Waals surface area contributed by atoms with Crippen LogP contribution in [-0.4, -0.2) is 45.9 Å². The standard InChI is InChI=1S/C23H27N5O3S/c1-14-15(2)32-22-20(14)21(30)26-18(27-22)8-9-19(29)28-12-10-17(11-13-28)25-23(31)24-16-6-4-3-5-7-16/h3-7,17H,8-13H2,1-2H3,(H2,24,25,31)(H,26,27,30). The summed E-state index contributed by atoms with van der Waals surface area (Å²) < 4.78 is 0. The second kappa shape index (κ2) is 9.52. The number of aromatic nitrogens is 2. The van der Waals surface area contributed by atoms with Gasteiger partial charge in [0.25, 0.3) is 5.56 Å². The number of carbonyl (C=O) groups excluding carboxylic acids is 2. The van der Waals surface area contributed by atoms with Gasteiger partial charge in [-0.1, -0.05) is 18.2 Å². The van der Waals surface area contributed by atoms with Gasteiger partial charge in [0.05, 0.1) is 5.39 Å². The van der Waals surface area contributed by atoms with E-state index in [0.717, 1.165) is 21.0 Å². The highest BCUT2D eigenvalue weighted by molar-refractivity contribution is 7.18. The molecule has 8 nitrogen and oxygen atoms in total. The van der Waals surface area contributed by atoms with Crippen molar-refractivity contribution in [1.29, 1.82) is 0 Å². The summed E-state index contributed by atoms with van der Waals surface area (Å²) in [5, 5.41) is 6.44. The van der Waals surface area contributed by atoms with Gasteiger partial charge in [0, 0.05) is 42.5 Å². The molecule has 4 rings (SSSR count). The molecule has 1 aromatic carbocycles. The minimum atomic E-state index is -0.231. The van der Waals surface area contributed by atoms with Crippen LogP contribution in [0.4, 0.5) is 10.5 Å². The van der Waals surface area contributed by atoms with E-state index in [4.69, 9.17) is 0 Å². The number of benzene rings is 1. The van der Waals surface area contributed by atoms with Gasteiger partial charge in [-0.2, -0.15) is 0 Å².